The van der Waals surface area contributed by atoms with Crippen LogP contribution in [0.3, 0.4) is 0 Å². The third-order valence-corrected chi connectivity index (χ3v) is 3.97. The van der Waals surface area contributed by atoms with E-state index in [1.54, 1.807) is 0 Å². The second-order valence-electron chi connectivity index (χ2n) is 6.67. The van der Waals surface area contributed by atoms with E-state index in [0.29, 0.717) is 19.6 Å². The summed E-state index contributed by atoms with van der Waals surface area (Å²) in [5.41, 5.74) is 0.938. The molecule has 1 aromatic carbocycles. The first-order valence-corrected chi connectivity index (χ1v) is 8.82. The summed E-state index contributed by atoms with van der Waals surface area (Å²) in [5, 5.41) is 0. The average molecular weight is 320 g/mol. The molecule has 0 heterocycles. The van der Waals surface area contributed by atoms with E-state index < -0.39 is 6.29 Å². The smallest absolute Gasteiger partial charge is 0.217 e. The van der Waals surface area contributed by atoms with Gasteiger partial charge < -0.3 is 9.47 Å². The molecular weight excluding hydrogens is 288 g/mol. The zero-order valence-corrected chi connectivity index (χ0v) is 15.1. The molecule has 0 bridgehead atoms. The summed E-state index contributed by atoms with van der Waals surface area (Å²) in [6.45, 7) is 9.55. The van der Waals surface area contributed by atoms with Gasteiger partial charge in [-0.2, -0.15) is 0 Å². The summed E-state index contributed by atoms with van der Waals surface area (Å²) in [4.78, 5) is 12.7. The molecule has 0 radical (unpaired) electrons. The lowest BCUT2D eigenvalue weighted by Gasteiger charge is -2.27. The van der Waals surface area contributed by atoms with Crippen LogP contribution in [0.4, 0.5) is 0 Å². The summed E-state index contributed by atoms with van der Waals surface area (Å²) in [6, 6.07) is 10.1. The summed E-state index contributed by atoms with van der Waals surface area (Å²) in [5.74, 6) is 0.0334. The van der Waals surface area contributed by atoms with Crippen molar-refractivity contribution in [3.05, 3.63) is 35.9 Å². The molecule has 1 rings (SSSR count). The Hall–Kier alpha value is -1.19. The second-order valence-corrected chi connectivity index (χ2v) is 6.67. The Balaban J connectivity index is 2.66. The van der Waals surface area contributed by atoms with Crippen molar-refractivity contribution in [3.8, 4) is 0 Å². The Kier molecular flexibility index (Phi) is 9.12. The van der Waals surface area contributed by atoms with Gasteiger partial charge in [0.05, 0.1) is 13.2 Å². The van der Waals surface area contributed by atoms with Gasteiger partial charge in [0.1, 0.15) is 0 Å². The molecule has 0 aliphatic carbocycles. The third-order valence-electron chi connectivity index (χ3n) is 3.97. The highest BCUT2D eigenvalue weighted by Crippen LogP contribution is 2.28. The lowest BCUT2D eigenvalue weighted by atomic mass is 9.80. The minimum Gasteiger partial charge on any atom is -0.346 e. The van der Waals surface area contributed by atoms with Crippen molar-refractivity contribution in [2.24, 2.45) is 0 Å². The third kappa shape index (κ3) is 7.28. The number of hydrogen-bond donors (Lipinski definition) is 0. The SMILES string of the molecule is CCCCOC(OCCCC)C(=O)CC(C)(C)c1ccccc1. The van der Waals surface area contributed by atoms with Gasteiger partial charge in [0.15, 0.2) is 5.78 Å². The molecule has 3 heteroatoms. The van der Waals surface area contributed by atoms with Crippen LogP contribution in [0.1, 0.15) is 65.4 Å². The molecule has 0 amide bonds. The molecule has 0 fully saturated rings. The maximum atomic E-state index is 12.7. The molecule has 0 aliphatic heterocycles. The van der Waals surface area contributed by atoms with Gasteiger partial charge in [-0.1, -0.05) is 70.9 Å². The Labute approximate surface area is 141 Å². The van der Waals surface area contributed by atoms with E-state index >= 15 is 0 Å². The summed E-state index contributed by atoms with van der Waals surface area (Å²) in [6.07, 6.45) is 3.68. The fourth-order valence-corrected chi connectivity index (χ4v) is 2.41. The molecule has 1 aromatic rings. The van der Waals surface area contributed by atoms with E-state index in [2.05, 4.69) is 39.8 Å². The minimum atomic E-state index is -0.726. The van der Waals surface area contributed by atoms with E-state index in [-0.39, 0.29) is 11.2 Å². The highest BCUT2D eigenvalue weighted by atomic mass is 16.7. The van der Waals surface area contributed by atoms with Gasteiger partial charge in [0.2, 0.25) is 6.29 Å². The average Bonchev–Trinajstić information content (AvgIpc) is 2.54. The lowest BCUT2D eigenvalue weighted by molar-refractivity contribution is -0.171. The van der Waals surface area contributed by atoms with E-state index in [9.17, 15) is 4.79 Å². The van der Waals surface area contributed by atoms with Crippen LogP contribution in [-0.4, -0.2) is 25.3 Å². The van der Waals surface area contributed by atoms with Crippen LogP contribution in [0, 0.1) is 0 Å². The van der Waals surface area contributed by atoms with Crippen molar-refractivity contribution in [1.29, 1.82) is 0 Å². The Morgan fingerprint density at radius 2 is 1.52 bits per heavy atom. The fourth-order valence-electron chi connectivity index (χ4n) is 2.41. The molecule has 0 saturated carbocycles. The Bertz CT molecular complexity index is 429. The first kappa shape index (κ1) is 19.9. The molecule has 130 valence electrons. The number of benzene rings is 1. The first-order chi connectivity index (χ1) is 11.0. The second kappa shape index (κ2) is 10.6. The number of unbranched alkanes of at least 4 members (excludes halogenated alkanes) is 2. The van der Waals surface area contributed by atoms with E-state index in [4.69, 9.17) is 9.47 Å². The van der Waals surface area contributed by atoms with Crippen LogP contribution in [-0.2, 0) is 19.7 Å². The zero-order valence-electron chi connectivity index (χ0n) is 15.1. The highest BCUT2D eigenvalue weighted by molar-refractivity contribution is 5.83. The van der Waals surface area contributed by atoms with Gasteiger partial charge >= 0.3 is 0 Å². The van der Waals surface area contributed by atoms with Gasteiger partial charge in [0, 0.05) is 6.42 Å². The highest BCUT2D eigenvalue weighted by Gasteiger charge is 2.29. The maximum Gasteiger partial charge on any atom is 0.217 e. The van der Waals surface area contributed by atoms with E-state index in [1.165, 1.54) is 0 Å². The fraction of sp³-hybridized carbons (Fsp3) is 0.650. The molecule has 0 unspecified atom stereocenters. The minimum absolute atomic E-state index is 0.0334. The number of rotatable bonds is 12. The maximum absolute atomic E-state index is 12.7. The topological polar surface area (TPSA) is 35.5 Å². The predicted octanol–water partition coefficient (Wildman–Crippen LogP) is 4.88. The first-order valence-electron chi connectivity index (χ1n) is 8.82. The molecular formula is C20H32O3. The number of hydrogen-bond acceptors (Lipinski definition) is 3. The monoisotopic (exact) mass is 320 g/mol. The van der Waals surface area contributed by atoms with Crippen molar-refractivity contribution in [1.82, 2.24) is 0 Å². The van der Waals surface area contributed by atoms with Crippen molar-refractivity contribution in [3.63, 3.8) is 0 Å². The molecule has 0 saturated heterocycles. The number of ketones is 1. The quantitative estimate of drug-likeness (QED) is 0.406. The van der Waals surface area contributed by atoms with Crippen molar-refractivity contribution in [2.75, 3.05) is 13.2 Å². The van der Waals surface area contributed by atoms with Gasteiger partial charge in [-0.3, -0.25) is 4.79 Å². The van der Waals surface area contributed by atoms with Gasteiger partial charge in [-0.15, -0.1) is 0 Å². The molecule has 3 nitrogen and oxygen atoms in total. The molecule has 23 heavy (non-hydrogen) atoms. The summed E-state index contributed by atoms with van der Waals surface area (Å²) >= 11 is 0. The molecule has 0 aromatic heterocycles. The lowest BCUT2D eigenvalue weighted by Crippen LogP contribution is -2.33. The van der Waals surface area contributed by atoms with Crippen LogP contribution in [0.25, 0.3) is 0 Å². The largest absolute Gasteiger partial charge is 0.346 e. The molecule has 0 spiro atoms. The van der Waals surface area contributed by atoms with Crippen LogP contribution in [0.5, 0.6) is 0 Å². The molecule has 0 N–H and O–H groups in total. The van der Waals surface area contributed by atoms with E-state index in [1.807, 2.05) is 18.2 Å². The van der Waals surface area contributed by atoms with Crippen molar-refractivity contribution in [2.45, 2.75) is 71.5 Å². The Morgan fingerprint density at radius 1 is 1.00 bits per heavy atom. The van der Waals surface area contributed by atoms with Gasteiger partial charge in [-0.05, 0) is 23.8 Å². The zero-order chi connectivity index (χ0) is 17.1. The number of carbonyl (C=O) groups excluding carboxylic acids is 1. The predicted molar refractivity (Wildman–Crippen MR) is 94.6 cm³/mol. The van der Waals surface area contributed by atoms with Crippen molar-refractivity contribution < 1.29 is 14.3 Å². The van der Waals surface area contributed by atoms with Crippen LogP contribution in [0.2, 0.25) is 0 Å². The van der Waals surface area contributed by atoms with Crippen molar-refractivity contribution >= 4 is 5.78 Å². The van der Waals surface area contributed by atoms with Gasteiger partial charge in [-0.25, -0.2) is 0 Å². The number of Topliss-reactive ketones (excluding diaryl/α,β-unsaturated/α-hetero) is 1. The molecule has 0 atom stereocenters. The van der Waals surface area contributed by atoms with Crippen LogP contribution < -0.4 is 0 Å². The normalized spacial score (nSPS) is 11.9. The standard InChI is InChI=1S/C20H32O3/c1-5-7-14-22-19(23-15-8-6-2)18(21)16-20(3,4)17-12-10-9-11-13-17/h9-13,19H,5-8,14-16H2,1-4H3. The van der Waals surface area contributed by atoms with Gasteiger partial charge in [0.25, 0.3) is 0 Å². The Morgan fingerprint density at radius 3 is 2.00 bits per heavy atom. The summed E-state index contributed by atoms with van der Waals surface area (Å²) < 4.78 is 11.4. The van der Waals surface area contributed by atoms with Crippen LogP contribution in [0.15, 0.2) is 30.3 Å². The number of ether oxygens (including phenoxy) is 2. The van der Waals surface area contributed by atoms with Crippen LogP contribution >= 0.6 is 0 Å². The number of carbonyl (C=O) groups is 1. The molecule has 0 aliphatic rings. The summed E-state index contributed by atoms with van der Waals surface area (Å²) in [7, 11) is 0. The van der Waals surface area contributed by atoms with E-state index in [0.717, 1.165) is 31.2 Å².